The lowest BCUT2D eigenvalue weighted by molar-refractivity contribution is 0.0512. The Bertz CT molecular complexity index is 563. The summed E-state index contributed by atoms with van der Waals surface area (Å²) in [5.74, 6) is -0.153. The van der Waals surface area contributed by atoms with Crippen LogP contribution in [0.25, 0.3) is 0 Å². The first kappa shape index (κ1) is 13.2. The van der Waals surface area contributed by atoms with Crippen molar-refractivity contribution in [3.63, 3.8) is 0 Å². The fourth-order valence-corrected chi connectivity index (χ4v) is 1.70. The summed E-state index contributed by atoms with van der Waals surface area (Å²) in [4.78, 5) is 15.6. The quantitative estimate of drug-likeness (QED) is 0.806. The molecule has 100 valence electrons. The van der Waals surface area contributed by atoms with E-state index in [0.717, 1.165) is 5.56 Å². The van der Waals surface area contributed by atoms with Gasteiger partial charge in [-0.25, -0.2) is 9.78 Å². The van der Waals surface area contributed by atoms with Gasteiger partial charge in [0.25, 0.3) is 5.82 Å². The van der Waals surface area contributed by atoms with E-state index in [2.05, 4.69) is 15.2 Å². The van der Waals surface area contributed by atoms with Gasteiger partial charge in [0.15, 0.2) is 0 Å². The van der Waals surface area contributed by atoms with Gasteiger partial charge in [0.1, 0.15) is 5.82 Å². The number of carbonyl (C=O) groups is 1. The molecule has 6 heteroatoms. The maximum absolute atomic E-state index is 11.5. The van der Waals surface area contributed by atoms with E-state index >= 15 is 0 Å². The van der Waals surface area contributed by atoms with E-state index in [1.807, 2.05) is 30.3 Å². The normalized spacial score (nSPS) is 13.8. The third kappa shape index (κ3) is 2.63. The highest BCUT2D eigenvalue weighted by Gasteiger charge is 2.29. The van der Waals surface area contributed by atoms with Gasteiger partial charge in [-0.05, 0) is 19.4 Å². The number of nitrogens with two attached hydrogens (primary N) is 1. The predicted molar refractivity (Wildman–Crippen MR) is 69.4 cm³/mol. The van der Waals surface area contributed by atoms with E-state index in [1.165, 1.54) is 0 Å². The molecular weight excluding hydrogens is 244 g/mol. The summed E-state index contributed by atoms with van der Waals surface area (Å²) in [5.41, 5.74) is 6.29. The van der Waals surface area contributed by atoms with Crippen molar-refractivity contribution in [3.8, 4) is 0 Å². The molecule has 3 N–H and O–H groups in total. The van der Waals surface area contributed by atoms with Gasteiger partial charge in [-0.1, -0.05) is 30.3 Å². The minimum atomic E-state index is -0.848. The average molecular weight is 260 g/mol. The number of rotatable bonds is 4. The molecule has 0 amide bonds. The van der Waals surface area contributed by atoms with Crippen LogP contribution in [0.15, 0.2) is 30.3 Å². The molecule has 0 fully saturated rings. The van der Waals surface area contributed by atoms with Crippen LogP contribution >= 0.6 is 0 Å². The molecule has 0 bridgehead atoms. The molecule has 1 aromatic heterocycles. The summed E-state index contributed by atoms with van der Waals surface area (Å²) >= 11 is 0. The number of aromatic amines is 1. The number of carbonyl (C=O) groups excluding carboxylic acids is 1. The SMILES string of the molecule is CCOC(=O)c1n[nH]c(C(C)(N)c2ccccc2)n1. The molecule has 0 spiro atoms. The Kier molecular flexibility index (Phi) is 3.62. The van der Waals surface area contributed by atoms with Crippen molar-refractivity contribution >= 4 is 5.97 Å². The molecule has 19 heavy (non-hydrogen) atoms. The van der Waals surface area contributed by atoms with Crippen LogP contribution in [0.2, 0.25) is 0 Å². The van der Waals surface area contributed by atoms with Crippen LogP contribution < -0.4 is 5.73 Å². The lowest BCUT2D eigenvalue weighted by Crippen LogP contribution is -2.35. The molecule has 0 aliphatic carbocycles. The summed E-state index contributed by atoms with van der Waals surface area (Å²) in [7, 11) is 0. The molecule has 1 heterocycles. The number of benzene rings is 1. The fraction of sp³-hybridized carbons (Fsp3) is 0.308. The Morgan fingerprint density at radius 3 is 2.74 bits per heavy atom. The molecule has 0 saturated carbocycles. The van der Waals surface area contributed by atoms with Crippen LogP contribution in [-0.2, 0) is 10.3 Å². The van der Waals surface area contributed by atoms with Crippen molar-refractivity contribution in [3.05, 3.63) is 47.5 Å². The third-order valence-corrected chi connectivity index (χ3v) is 2.81. The second-order valence-electron chi connectivity index (χ2n) is 4.30. The first-order valence-corrected chi connectivity index (χ1v) is 6.00. The van der Waals surface area contributed by atoms with Crippen LogP contribution in [0.3, 0.4) is 0 Å². The van der Waals surface area contributed by atoms with Gasteiger partial charge in [0.2, 0.25) is 0 Å². The Hall–Kier alpha value is -2.21. The molecule has 2 rings (SSSR count). The van der Waals surface area contributed by atoms with Crippen LogP contribution in [0.1, 0.15) is 35.9 Å². The Balaban J connectivity index is 2.29. The summed E-state index contributed by atoms with van der Waals surface area (Å²) in [6.45, 7) is 3.81. The number of aromatic nitrogens is 3. The van der Waals surface area contributed by atoms with E-state index in [-0.39, 0.29) is 12.4 Å². The van der Waals surface area contributed by atoms with Crippen LogP contribution in [0, 0.1) is 0 Å². The molecule has 1 atom stereocenters. The lowest BCUT2D eigenvalue weighted by Gasteiger charge is -2.21. The second kappa shape index (κ2) is 5.19. The minimum Gasteiger partial charge on any atom is -0.460 e. The van der Waals surface area contributed by atoms with Crippen LogP contribution in [-0.4, -0.2) is 27.8 Å². The van der Waals surface area contributed by atoms with E-state index in [1.54, 1.807) is 13.8 Å². The number of nitrogens with one attached hydrogen (secondary N) is 1. The van der Waals surface area contributed by atoms with Crippen molar-refractivity contribution in [1.29, 1.82) is 0 Å². The highest BCUT2D eigenvalue weighted by Crippen LogP contribution is 2.23. The van der Waals surface area contributed by atoms with Gasteiger partial charge in [-0.15, -0.1) is 5.10 Å². The van der Waals surface area contributed by atoms with Crippen molar-refractivity contribution < 1.29 is 9.53 Å². The largest absolute Gasteiger partial charge is 0.460 e. The highest BCUT2D eigenvalue weighted by molar-refractivity contribution is 5.85. The van der Waals surface area contributed by atoms with Gasteiger partial charge < -0.3 is 10.5 Å². The molecule has 0 radical (unpaired) electrons. The summed E-state index contributed by atoms with van der Waals surface area (Å²) in [6, 6.07) is 9.48. The molecule has 0 saturated heterocycles. The zero-order valence-corrected chi connectivity index (χ0v) is 10.9. The fourth-order valence-electron chi connectivity index (χ4n) is 1.70. The van der Waals surface area contributed by atoms with Gasteiger partial charge >= 0.3 is 5.97 Å². The molecule has 2 aromatic rings. The number of hydrogen-bond donors (Lipinski definition) is 2. The van der Waals surface area contributed by atoms with E-state index in [9.17, 15) is 4.79 Å². The highest BCUT2D eigenvalue weighted by atomic mass is 16.5. The topological polar surface area (TPSA) is 93.9 Å². The van der Waals surface area contributed by atoms with E-state index in [0.29, 0.717) is 5.82 Å². The summed E-state index contributed by atoms with van der Waals surface area (Å²) in [6.07, 6.45) is 0. The maximum atomic E-state index is 11.5. The second-order valence-corrected chi connectivity index (χ2v) is 4.30. The smallest absolute Gasteiger partial charge is 0.378 e. The van der Waals surface area contributed by atoms with Crippen molar-refractivity contribution in [2.24, 2.45) is 5.73 Å². The monoisotopic (exact) mass is 260 g/mol. The average Bonchev–Trinajstić information content (AvgIpc) is 2.90. The van der Waals surface area contributed by atoms with Gasteiger partial charge in [-0.3, -0.25) is 5.10 Å². The summed E-state index contributed by atoms with van der Waals surface area (Å²) in [5, 5.41) is 6.53. The molecule has 1 aromatic carbocycles. The molecule has 1 unspecified atom stereocenters. The standard InChI is InChI=1S/C13H16N4O2/c1-3-19-11(18)10-15-12(17-16-10)13(2,14)9-7-5-4-6-8-9/h4-8H,3,14H2,1-2H3,(H,15,16,17). The van der Waals surface area contributed by atoms with Gasteiger partial charge in [0, 0.05) is 0 Å². The number of H-pyrrole nitrogens is 1. The van der Waals surface area contributed by atoms with E-state index < -0.39 is 11.5 Å². The number of ether oxygens (including phenoxy) is 1. The van der Waals surface area contributed by atoms with Crippen LogP contribution in [0.5, 0.6) is 0 Å². The zero-order valence-electron chi connectivity index (χ0n) is 10.9. The van der Waals surface area contributed by atoms with E-state index in [4.69, 9.17) is 10.5 Å². The first-order chi connectivity index (χ1) is 9.05. The third-order valence-electron chi connectivity index (χ3n) is 2.81. The molecule has 0 aliphatic rings. The van der Waals surface area contributed by atoms with Gasteiger partial charge in [0.05, 0.1) is 12.1 Å². The molecule has 6 nitrogen and oxygen atoms in total. The lowest BCUT2D eigenvalue weighted by atomic mass is 9.92. The number of esters is 1. The zero-order chi connectivity index (χ0) is 13.9. The summed E-state index contributed by atoms with van der Waals surface area (Å²) < 4.78 is 4.83. The van der Waals surface area contributed by atoms with Crippen LogP contribution in [0.4, 0.5) is 0 Å². The van der Waals surface area contributed by atoms with Crippen molar-refractivity contribution in [2.75, 3.05) is 6.61 Å². The molecular formula is C13H16N4O2. The molecule has 0 aliphatic heterocycles. The maximum Gasteiger partial charge on any atom is 0.378 e. The van der Waals surface area contributed by atoms with Crippen molar-refractivity contribution in [2.45, 2.75) is 19.4 Å². The van der Waals surface area contributed by atoms with Gasteiger partial charge in [-0.2, -0.15) is 0 Å². The Morgan fingerprint density at radius 2 is 2.11 bits per heavy atom. The first-order valence-electron chi connectivity index (χ1n) is 6.00. The predicted octanol–water partition coefficient (Wildman–Crippen LogP) is 1.20. The Labute approximate surface area is 111 Å². The van der Waals surface area contributed by atoms with Crippen molar-refractivity contribution in [1.82, 2.24) is 15.2 Å². The Morgan fingerprint density at radius 1 is 1.42 bits per heavy atom. The number of hydrogen-bond acceptors (Lipinski definition) is 5. The number of nitrogens with zero attached hydrogens (tertiary/aromatic N) is 2. The minimum absolute atomic E-state index is 0.00976.